The summed E-state index contributed by atoms with van der Waals surface area (Å²) in [4.78, 5) is 12.0. The molecule has 1 aromatic rings. The normalized spacial score (nSPS) is 16.3. The molecule has 0 aromatic heterocycles. The molecule has 2 rings (SSSR count). The van der Waals surface area contributed by atoms with Crippen molar-refractivity contribution in [1.82, 2.24) is 4.90 Å². The van der Waals surface area contributed by atoms with Gasteiger partial charge in [-0.15, -0.1) is 0 Å². The molecule has 0 radical (unpaired) electrons. The highest BCUT2D eigenvalue weighted by Gasteiger charge is 2.14. The molecule has 0 amide bonds. The third kappa shape index (κ3) is 3.89. The molecule has 104 valence electrons. The van der Waals surface area contributed by atoms with E-state index >= 15 is 0 Å². The van der Waals surface area contributed by atoms with Crippen molar-refractivity contribution >= 4 is 5.69 Å². The van der Waals surface area contributed by atoms with Crippen molar-refractivity contribution < 1.29 is 14.1 Å². The average molecular weight is 268 g/mol. The minimum absolute atomic E-state index is 0.333. The highest BCUT2D eigenvalue weighted by atomic mass is 19.1. The quantitative estimate of drug-likeness (QED) is 0.608. The molecule has 0 spiro atoms. The molecule has 0 N–H and O–H groups in total. The first-order valence-corrected chi connectivity index (χ1v) is 6.46. The number of piperidine rings is 1. The first-order valence-electron chi connectivity index (χ1n) is 6.46. The minimum Gasteiger partial charge on any atom is -0.492 e. The monoisotopic (exact) mass is 268 g/mol. The molecule has 0 atom stereocenters. The number of benzene rings is 1. The van der Waals surface area contributed by atoms with E-state index in [0.29, 0.717) is 12.4 Å². The molecule has 1 aliphatic heterocycles. The van der Waals surface area contributed by atoms with E-state index < -0.39 is 16.4 Å². The number of nitrogens with zero attached hydrogens (tertiary/aromatic N) is 2. The van der Waals surface area contributed by atoms with Crippen molar-refractivity contribution in [2.75, 3.05) is 26.2 Å². The zero-order valence-electron chi connectivity index (χ0n) is 10.7. The predicted octanol–water partition coefficient (Wildman–Crippen LogP) is 2.60. The second kappa shape index (κ2) is 6.47. The van der Waals surface area contributed by atoms with E-state index in [0.717, 1.165) is 31.8 Å². The molecule has 19 heavy (non-hydrogen) atoms. The van der Waals surface area contributed by atoms with Gasteiger partial charge in [-0.05, 0) is 32.0 Å². The summed E-state index contributed by atoms with van der Waals surface area (Å²) in [5.41, 5.74) is -0.525. The van der Waals surface area contributed by atoms with Crippen LogP contribution in [0.3, 0.4) is 0 Å². The van der Waals surface area contributed by atoms with Crippen molar-refractivity contribution in [3.63, 3.8) is 0 Å². The Bertz CT molecular complexity index is 448. The molecule has 5 nitrogen and oxygen atoms in total. The Morgan fingerprint density at radius 1 is 1.32 bits per heavy atom. The van der Waals surface area contributed by atoms with Crippen LogP contribution < -0.4 is 4.74 Å². The number of nitro benzene ring substituents is 1. The van der Waals surface area contributed by atoms with Gasteiger partial charge in [-0.25, -0.2) is 0 Å². The number of rotatable bonds is 5. The van der Waals surface area contributed by atoms with Crippen LogP contribution in [0.4, 0.5) is 10.1 Å². The maximum atomic E-state index is 13.4. The van der Waals surface area contributed by atoms with Crippen LogP contribution in [0.5, 0.6) is 5.75 Å². The molecule has 1 fully saturated rings. The van der Waals surface area contributed by atoms with Crippen LogP contribution in [0.25, 0.3) is 0 Å². The SMILES string of the molecule is O=[N+]([O-])c1ccc(OCCN2CCCCC2)cc1F. The summed E-state index contributed by atoms with van der Waals surface area (Å²) in [6, 6.07) is 3.62. The number of likely N-dealkylation sites (tertiary alicyclic amines) is 1. The summed E-state index contributed by atoms with van der Waals surface area (Å²) < 4.78 is 18.8. The summed E-state index contributed by atoms with van der Waals surface area (Å²) in [7, 11) is 0. The maximum absolute atomic E-state index is 13.4. The van der Waals surface area contributed by atoms with E-state index in [2.05, 4.69) is 4.90 Å². The Balaban J connectivity index is 1.82. The first kappa shape index (κ1) is 13.7. The van der Waals surface area contributed by atoms with E-state index in [1.807, 2.05) is 0 Å². The van der Waals surface area contributed by atoms with Gasteiger partial charge in [0.1, 0.15) is 12.4 Å². The van der Waals surface area contributed by atoms with E-state index in [1.165, 1.54) is 25.3 Å². The van der Waals surface area contributed by atoms with E-state index in [1.54, 1.807) is 0 Å². The smallest absolute Gasteiger partial charge is 0.305 e. The Morgan fingerprint density at radius 3 is 2.68 bits per heavy atom. The molecule has 1 saturated heterocycles. The van der Waals surface area contributed by atoms with Crippen LogP contribution >= 0.6 is 0 Å². The third-order valence-corrected chi connectivity index (χ3v) is 3.24. The van der Waals surface area contributed by atoms with Gasteiger partial charge in [-0.1, -0.05) is 6.42 Å². The zero-order chi connectivity index (χ0) is 13.7. The summed E-state index contributed by atoms with van der Waals surface area (Å²) in [5, 5.41) is 10.5. The summed E-state index contributed by atoms with van der Waals surface area (Å²) in [5.74, 6) is -0.527. The second-order valence-corrected chi connectivity index (χ2v) is 4.62. The zero-order valence-corrected chi connectivity index (χ0v) is 10.7. The topological polar surface area (TPSA) is 55.6 Å². The molecule has 6 heteroatoms. The van der Waals surface area contributed by atoms with Crippen LogP contribution in [0.2, 0.25) is 0 Å². The van der Waals surface area contributed by atoms with Crippen LogP contribution in [-0.2, 0) is 0 Å². The molecule has 0 saturated carbocycles. The first-order chi connectivity index (χ1) is 9.16. The predicted molar refractivity (Wildman–Crippen MR) is 68.8 cm³/mol. The molecular weight excluding hydrogens is 251 g/mol. The Labute approximate surface area is 111 Å². The molecule has 1 aromatic carbocycles. The molecule has 1 aliphatic rings. The van der Waals surface area contributed by atoms with Crippen molar-refractivity contribution in [3.05, 3.63) is 34.1 Å². The van der Waals surface area contributed by atoms with E-state index in [9.17, 15) is 14.5 Å². The Morgan fingerprint density at radius 2 is 2.05 bits per heavy atom. The third-order valence-electron chi connectivity index (χ3n) is 3.24. The van der Waals surface area contributed by atoms with Crippen molar-refractivity contribution in [1.29, 1.82) is 0 Å². The lowest BCUT2D eigenvalue weighted by Gasteiger charge is -2.26. The fourth-order valence-electron chi connectivity index (χ4n) is 2.20. The van der Waals surface area contributed by atoms with Crippen molar-refractivity contribution in [2.45, 2.75) is 19.3 Å². The van der Waals surface area contributed by atoms with E-state index in [4.69, 9.17) is 4.74 Å². The number of hydrogen-bond acceptors (Lipinski definition) is 4. The Kier molecular flexibility index (Phi) is 4.68. The molecule has 0 bridgehead atoms. The second-order valence-electron chi connectivity index (χ2n) is 4.62. The van der Waals surface area contributed by atoms with Crippen LogP contribution in [0.1, 0.15) is 19.3 Å². The van der Waals surface area contributed by atoms with E-state index in [-0.39, 0.29) is 0 Å². The summed E-state index contributed by atoms with van der Waals surface area (Å²) in [6.45, 7) is 3.44. The fourth-order valence-corrected chi connectivity index (χ4v) is 2.20. The standard InChI is InChI=1S/C13H17FN2O3/c14-12-10-11(4-5-13(12)16(17)18)19-9-8-15-6-2-1-3-7-15/h4-5,10H,1-3,6-9H2. The van der Waals surface area contributed by atoms with Gasteiger partial charge in [0.2, 0.25) is 5.82 Å². The molecule has 1 heterocycles. The van der Waals surface area contributed by atoms with Gasteiger partial charge >= 0.3 is 5.69 Å². The van der Waals surface area contributed by atoms with Gasteiger partial charge in [0.15, 0.2) is 0 Å². The van der Waals surface area contributed by atoms with Gasteiger partial charge in [0.05, 0.1) is 4.92 Å². The number of halogens is 1. The number of ether oxygens (including phenoxy) is 1. The van der Waals surface area contributed by atoms with Crippen LogP contribution in [0.15, 0.2) is 18.2 Å². The number of hydrogen-bond donors (Lipinski definition) is 0. The lowest BCUT2D eigenvalue weighted by molar-refractivity contribution is -0.387. The van der Waals surface area contributed by atoms with Gasteiger partial charge in [0, 0.05) is 18.7 Å². The van der Waals surface area contributed by atoms with Crippen LogP contribution in [-0.4, -0.2) is 36.1 Å². The lowest BCUT2D eigenvalue weighted by atomic mass is 10.1. The van der Waals surface area contributed by atoms with Gasteiger partial charge < -0.3 is 4.74 Å². The maximum Gasteiger partial charge on any atom is 0.305 e. The Hall–Kier alpha value is -1.69. The largest absolute Gasteiger partial charge is 0.492 e. The molecule has 0 aliphatic carbocycles. The van der Waals surface area contributed by atoms with Crippen molar-refractivity contribution in [3.8, 4) is 5.75 Å². The summed E-state index contributed by atoms with van der Waals surface area (Å²) >= 11 is 0. The molecular formula is C13H17FN2O3. The average Bonchev–Trinajstić information content (AvgIpc) is 2.39. The van der Waals surface area contributed by atoms with Gasteiger partial charge in [-0.2, -0.15) is 4.39 Å². The number of nitro groups is 1. The highest BCUT2D eigenvalue weighted by Crippen LogP contribution is 2.22. The van der Waals surface area contributed by atoms with Crippen molar-refractivity contribution in [2.24, 2.45) is 0 Å². The highest BCUT2D eigenvalue weighted by molar-refractivity contribution is 5.37. The minimum atomic E-state index is -0.861. The van der Waals surface area contributed by atoms with Gasteiger partial charge in [-0.3, -0.25) is 15.0 Å². The molecule has 0 unspecified atom stereocenters. The lowest BCUT2D eigenvalue weighted by Crippen LogP contribution is -2.33. The summed E-state index contributed by atoms with van der Waals surface area (Å²) in [6.07, 6.45) is 3.71. The fraction of sp³-hybridized carbons (Fsp3) is 0.538. The van der Waals surface area contributed by atoms with Gasteiger partial charge in [0.25, 0.3) is 0 Å². The van der Waals surface area contributed by atoms with Crippen LogP contribution in [0, 0.1) is 15.9 Å².